The van der Waals surface area contributed by atoms with Crippen LogP contribution in [0.1, 0.15) is 36.8 Å². The molecule has 1 aromatic rings. The summed E-state index contributed by atoms with van der Waals surface area (Å²) in [6.07, 6.45) is 12.7. The normalized spacial score (nSPS) is 14.0. The second kappa shape index (κ2) is 7.52. The predicted molar refractivity (Wildman–Crippen MR) is 90.2 cm³/mol. The summed E-state index contributed by atoms with van der Waals surface area (Å²) in [5.41, 5.74) is 4.91. The molecule has 2 heteroatoms. The number of rotatable bonds is 4. The molecule has 0 unspecified atom stereocenters. The van der Waals surface area contributed by atoms with Crippen molar-refractivity contribution in [2.24, 2.45) is 0 Å². The lowest BCUT2D eigenvalue weighted by molar-refractivity contribution is 1.45. The molecule has 1 rings (SSSR count). The van der Waals surface area contributed by atoms with Gasteiger partial charge >= 0.3 is 0 Å². The molecule has 0 aliphatic carbocycles. The molecule has 0 radical (unpaired) electrons. The molecular formula is C17H21ClS. The van der Waals surface area contributed by atoms with Crippen molar-refractivity contribution < 1.29 is 0 Å². The van der Waals surface area contributed by atoms with Crippen LogP contribution < -0.4 is 0 Å². The zero-order valence-corrected chi connectivity index (χ0v) is 13.8. The van der Waals surface area contributed by atoms with E-state index in [4.69, 9.17) is 11.6 Å². The van der Waals surface area contributed by atoms with Crippen LogP contribution >= 0.6 is 22.9 Å². The van der Waals surface area contributed by atoms with Crippen LogP contribution in [0.2, 0.25) is 4.34 Å². The maximum absolute atomic E-state index is 6.14. The first-order valence-electron chi connectivity index (χ1n) is 6.37. The van der Waals surface area contributed by atoms with Gasteiger partial charge in [-0.05, 0) is 45.7 Å². The van der Waals surface area contributed by atoms with Crippen LogP contribution in [0.25, 0.3) is 6.08 Å². The smallest absolute Gasteiger partial charge is 0.0966 e. The fraction of sp³-hybridized carbons (Fsp3) is 0.294. The molecule has 0 aliphatic rings. The molecule has 0 fully saturated rings. The van der Waals surface area contributed by atoms with Gasteiger partial charge in [0.1, 0.15) is 0 Å². The highest BCUT2D eigenvalue weighted by molar-refractivity contribution is 7.16. The first-order valence-corrected chi connectivity index (χ1v) is 7.56. The first-order chi connectivity index (χ1) is 8.95. The van der Waals surface area contributed by atoms with Crippen LogP contribution in [0.15, 0.2) is 41.5 Å². The third-order valence-electron chi connectivity index (χ3n) is 3.01. The molecule has 0 bridgehead atoms. The monoisotopic (exact) mass is 292 g/mol. The molecule has 1 heterocycles. The minimum absolute atomic E-state index is 0.891. The maximum Gasteiger partial charge on any atom is 0.0966 e. The average Bonchev–Trinajstić information content (AvgIpc) is 2.61. The fourth-order valence-corrected chi connectivity index (χ4v) is 2.91. The molecule has 0 nitrogen and oxygen atoms in total. The predicted octanol–water partition coefficient (Wildman–Crippen LogP) is 6.50. The average molecular weight is 293 g/mol. The second-order valence-electron chi connectivity index (χ2n) is 4.61. The lowest BCUT2D eigenvalue weighted by Gasteiger charge is -1.95. The van der Waals surface area contributed by atoms with Gasteiger partial charge in [0, 0.05) is 4.88 Å². The summed E-state index contributed by atoms with van der Waals surface area (Å²) in [5.74, 6) is 0. The van der Waals surface area contributed by atoms with E-state index in [1.807, 2.05) is 6.92 Å². The van der Waals surface area contributed by atoms with Gasteiger partial charge in [0.05, 0.1) is 4.34 Å². The van der Waals surface area contributed by atoms with Crippen LogP contribution in [0.5, 0.6) is 0 Å². The molecular weight excluding hydrogens is 272 g/mol. The maximum atomic E-state index is 6.14. The summed E-state index contributed by atoms with van der Waals surface area (Å²) in [6.45, 7) is 10.4. The zero-order valence-electron chi connectivity index (χ0n) is 12.3. The van der Waals surface area contributed by atoms with Crippen molar-refractivity contribution in [2.75, 3.05) is 0 Å². The van der Waals surface area contributed by atoms with E-state index in [0.717, 1.165) is 4.34 Å². The number of hydrogen-bond donors (Lipinski definition) is 0. The second-order valence-corrected chi connectivity index (χ2v) is 6.43. The van der Waals surface area contributed by atoms with E-state index >= 15 is 0 Å². The lowest BCUT2D eigenvalue weighted by atomic mass is 10.1. The zero-order chi connectivity index (χ0) is 14.4. The van der Waals surface area contributed by atoms with Crippen molar-refractivity contribution in [1.82, 2.24) is 0 Å². The number of halogens is 1. The summed E-state index contributed by atoms with van der Waals surface area (Å²) in [7, 11) is 0. The molecule has 0 aliphatic heterocycles. The topological polar surface area (TPSA) is 0 Å². The highest BCUT2D eigenvalue weighted by Gasteiger charge is 2.06. The number of hydrogen-bond acceptors (Lipinski definition) is 1. The number of allylic oxidation sites excluding steroid dienone is 7. The SMILES string of the molecule is C/C=C(C)/C=C/C=C(\C)C=Cc1c(C)sc(Cl)c1C. The Balaban J connectivity index is 2.81. The van der Waals surface area contributed by atoms with Crippen molar-refractivity contribution in [1.29, 1.82) is 0 Å². The molecule has 0 saturated heterocycles. The van der Waals surface area contributed by atoms with Gasteiger partial charge in [0.2, 0.25) is 0 Å². The van der Waals surface area contributed by atoms with E-state index in [9.17, 15) is 0 Å². The summed E-state index contributed by atoms with van der Waals surface area (Å²) in [6, 6.07) is 0. The van der Waals surface area contributed by atoms with Gasteiger partial charge in [-0.3, -0.25) is 0 Å². The molecule has 0 saturated carbocycles. The van der Waals surface area contributed by atoms with E-state index in [2.05, 4.69) is 64.2 Å². The Kier molecular flexibility index (Phi) is 6.33. The van der Waals surface area contributed by atoms with Crippen LogP contribution in [0, 0.1) is 13.8 Å². The van der Waals surface area contributed by atoms with E-state index in [0.29, 0.717) is 0 Å². The number of thiophene rings is 1. The summed E-state index contributed by atoms with van der Waals surface area (Å²) < 4.78 is 0.891. The van der Waals surface area contributed by atoms with Gasteiger partial charge in [0.15, 0.2) is 0 Å². The van der Waals surface area contributed by atoms with Crippen LogP contribution in [-0.4, -0.2) is 0 Å². The van der Waals surface area contributed by atoms with Crippen molar-refractivity contribution in [3.8, 4) is 0 Å². The van der Waals surface area contributed by atoms with Gasteiger partial charge in [-0.15, -0.1) is 11.3 Å². The van der Waals surface area contributed by atoms with E-state index in [1.54, 1.807) is 11.3 Å². The van der Waals surface area contributed by atoms with E-state index in [-0.39, 0.29) is 0 Å². The van der Waals surface area contributed by atoms with Crippen molar-refractivity contribution in [3.05, 3.63) is 61.9 Å². The number of aryl methyl sites for hydroxylation is 1. The Labute approximate surface area is 125 Å². The largest absolute Gasteiger partial charge is 0.128 e. The van der Waals surface area contributed by atoms with Gasteiger partial charge in [-0.2, -0.15) is 0 Å². The van der Waals surface area contributed by atoms with E-state index < -0.39 is 0 Å². The summed E-state index contributed by atoms with van der Waals surface area (Å²) in [5, 5.41) is 0. The van der Waals surface area contributed by atoms with Crippen molar-refractivity contribution >= 4 is 29.0 Å². The minimum atomic E-state index is 0.891. The van der Waals surface area contributed by atoms with Crippen molar-refractivity contribution in [3.63, 3.8) is 0 Å². The Bertz CT molecular complexity index is 554. The van der Waals surface area contributed by atoms with Gasteiger partial charge in [0.25, 0.3) is 0 Å². The minimum Gasteiger partial charge on any atom is -0.128 e. The van der Waals surface area contributed by atoms with Gasteiger partial charge in [-0.1, -0.05) is 59.2 Å². The van der Waals surface area contributed by atoms with Gasteiger partial charge < -0.3 is 0 Å². The molecule has 0 atom stereocenters. The van der Waals surface area contributed by atoms with Gasteiger partial charge in [-0.25, -0.2) is 0 Å². The molecule has 0 N–H and O–H groups in total. The van der Waals surface area contributed by atoms with E-state index in [1.165, 1.54) is 27.2 Å². The molecule has 0 amide bonds. The molecule has 1 aromatic heterocycles. The molecule has 102 valence electrons. The Morgan fingerprint density at radius 3 is 2.32 bits per heavy atom. The van der Waals surface area contributed by atoms with Crippen molar-refractivity contribution in [2.45, 2.75) is 34.6 Å². The Hall–Kier alpha value is -1.05. The summed E-state index contributed by atoms with van der Waals surface area (Å²) >= 11 is 7.78. The van der Waals surface area contributed by atoms with Crippen LogP contribution in [0.3, 0.4) is 0 Å². The van der Waals surface area contributed by atoms with Crippen LogP contribution in [-0.2, 0) is 0 Å². The Morgan fingerprint density at radius 2 is 1.79 bits per heavy atom. The quantitative estimate of drug-likeness (QED) is 0.556. The molecule has 0 aromatic carbocycles. The Morgan fingerprint density at radius 1 is 1.11 bits per heavy atom. The standard InChI is InChI=1S/C17H21ClS/c1-6-12(2)8-7-9-13(3)10-11-16-14(4)17(18)19-15(16)5/h6-11H,1-5H3/b8-7+,11-10?,12-6+,13-9+. The lowest BCUT2D eigenvalue weighted by Crippen LogP contribution is -1.76. The highest BCUT2D eigenvalue weighted by Crippen LogP contribution is 2.32. The van der Waals surface area contributed by atoms with Crippen LogP contribution in [0.4, 0.5) is 0 Å². The highest BCUT2D eigenvalue weighted by atomic mass is 35.5. The first kappa shape index (κ1) is 16.0. The molecule has 0 spiro atoms. The fourth-order valence-electron chi connectivity index (χ4n) is 1.60. The third-order valence-corrected chi connectivity index (χ3v) is 4.53. The third kappa shape index (κ3) is 4.85. The molecule has 19 heavy (non-hydrogen) atoms. The summed E-state index contributed by atoms with van der Waals surface area (Å²) in [4.78, 5) is 1.27.